The van der Waals surface area contributed by atoms with Crippen LogP contribution in [0.1, 0.15) is 17.5 Å². The van der Waals surface area contributed by atoms with Crippen molar-refractivity contribution in [3.8, 4) is 34.1 Å². The van der Waals surface area contributed by atoms with Crippen LogP contribution in [0.25, 0.3) is 22.3 Å². The molecule has 0 bridgehead atoms. The predicted octanol–water partition coefficient (Wildman–Crippen LogP) is 7.47. The van der Waals surface area contributed by atoms with Gasteiger partial charge in [-0.05, 0) is 53.3 Å². The zero-order valence-corrected chi connectivity index (χ0v) is 16.2. The molecule has 0 aliphatic rings. The van der Waals surface area contributed by atoms with Crippen molar-refractivity contribution < 1.29 is 26.3 Å². The second-order valence-corrected chi connectivity index (χ2v) is 6.78. The second kappa shape index (κ2) is 9.13. The lowest BCUT2D eigenvalue weighted by Gasteiger charge is -2.09. The standard InChI is InChI=1S/C25H16F6/c1-2-3-4-16-5-7-17(8-6-16)18-9-10-20(22(26)13-18)19-14-23(27)21(24(28)15-19)11-12-25(29,30)31/h2,5-10,13-15H,1,3-4H2. The van der Waals surface area contributed by atoms with Crippen LogP contribution in [-0.2, 0) is 6.42 Å². The zero-order chi connectivity index (χ0) is 22.6. The van der Waals surface area contributed by atoms with E-state index in [0.29, 0.717) is 5.56 Å². The Morgan fingerprint density at radius 1 is 0.774 bits per heavy atom. The molecule has 0 N–H and O–H groups in total. The first kappa shape index (κ1) is 22.2. The molecule has 0 fully saturated rings. The largest absolute Gasteiger partial charge is 0.458 e. The second-order valence-electron chi connectivity index (χ2n) is 6.78. The Morgan fingerprint density at radius 2 is 1.35 bits per heavy atom. The summed E-state index contributed by atoms with van der Waals surface area (Å²) in [5.74, 6) is -1.06. The van der Waals surface area contributed by atoms with Crippen molar-refractivity contribution in [3.05, 3.63) is 95.8 Å². The third-order valence-electron chi connectivity index (χ3n) is 4.58. The van der Waals surface area contributed by atoms with E-state index in [9.17, 15) is 26.3 Å². The molecule has 0 saturated carbocycles. The van der Waals surface area contributed by atoms with Crippen LogP contribution in [0.2, 0.25) is 0 Å². The first-order valence-electron chi connectivity index (χ1n) is 9.27. The lowest BCUT2D eigenvalue weighted by Crippen LogP contribution is -2.02. The summed E-state index contributed by atoms with van der Waals surface area (Å²) in [6.07, 6.45) is -1.37. The van der Waals surface area contributed by atoms with Gasteiger partial charge in [0.05, 0.1) is 5.56 Å². The first-order valence-corrected chi connectivity index (χ1v) is 9.27. The van der Waals surface area contributed by atoms with Crippen LogP contribution in [-0.4, -0.2) is 6.18 Å². The average Bonchev–Trinajstić information content (AvgIpc) is 2.71. The minimum Gasteiger partial charge on any atom is -0.206 e. The van der Waals surface area contributed by atoms with Crippen molar-refractivity contribution in [1.29, 1.82) is 0 Å². The molecule has 31 heavy (non-hydrogen) atoms. The number of halogens is 6. The van der Waals surface area contributed by atoms with Crippen LogP contribution in [0, 0.1) is 29.3 Å². The first-order chi connectivity index (χ1) is 14.7. The summed E-state index contributed by atoms with van der Waals surface area (Å²) in [5, 5.41) is 0. The Balaban J connectivity index is 1.91. The molecule has 0 saturated heterocycles. The van der Waals surface area contributed by atoms with Crippen molar-refractivity contribution >= 4 is 0 Å². The summed E-state index contributed by atoms with van der Waals surface area (Å²) in [6.45, 7) is 3.68. The highest BCUT2D eigenvalue weighted by molar-refractivity contribution is 5.71. The fourth-order valence-electron chi connectivity index (χ4n) is 3.04. The Bertz CT molecular complexity index is 1140. The van der Waals surface area contributed by atoms with Crippen molar-refractivity contribution in [2.75, 3.05) is 0 Å². The number of hydrogen-bond donors (Lipinski definition) is 0. The zero-order valence-electron chi connectivity index (χ0n) is 16.2. The van der Waals surface area contributed by atoms with Gasteiger partial charge in [-0.1, -0.05) is 48.4 Å². The molecule has 0 nitrogen and oxygen atoms in total. The molecular weight excluding hydrogens is 414 g/mol. The number of aryl methyl sites for hydroxylation is 1. The molecule has 0 unspecified atom stereocenters. The molecule has 0 radical (unpaired) electrons. The van der Waals surface area contributed by atoms with E-state index in [4.69, 9.17) is 0 Å². The SMILES string of the molecule is C=CCCc1ccc(-c2ccc(-c3cc(F)c(C#CC(F)(F)F)c(F)c3)c(F)c2)cc1. The molecule has 0 aromatic heterocycles. The fourth-order valence-corrected chi connectivity index (χ4v) is 3.04. The van der Waals surface area contributed by atoms with Gasteiger partial charge in [0, 0.05) is 11.5 Å². The van der Waals surface area contributed by atoms with Crippen LogP contribution in [0.15, 0.2) is 67.3 Å². The fraction of sp³-hybridized carbons (Fsp3) is 0.120. The van der Waals surface area contributed by atoms with Gasteiger partial charge in [-0.2, -0.15) is 13.2 Å². The summed E-state index contributed by atoms with van der Waals surface area (Å²) in [6, 6.07) is 13.3. The molecule has 0 atom stereocenters. The highest BCUT2D eigenvalue weighted by Crippen LogP contribution is 2.30. The number of rotatable bonds is 5. The summed E-state index contributed by atoms with van der Waals surface area (Å²) in [7, 11) is 0. The van der Waals surface area contributed by atoms with Crippen molar-refractivity contribution in [2.45, 2.75) is 19.0 Å². The maximum Gasteiger partial charge on any atom is 0.458 e. The summed E-state index contributed by atoms with van der Waals surface area (Å²) >= 11 is 0. The molecule has 3 rings (SSSR count). The maximum absolute atomic E-state index is 14.7. The molecule has 0 aliphatic carbocycles. The number of hydrogen-bond acceptors (Lipinski definition) is 0. The molecule has 6 heteroatoms. The smallest absolute Gasteiger partial charge is 0.206 e. The Labute approximate surface area is 175 Å². The van der Waals surface area contributed by atoms with Gasteiger partial charge in [-0.3, -0.25) is 0 Å². The summed E-state index contributed by atoms with van der Waals surface area (Å²) in [4.78, 5) is 0. The van der Waals surface area contributed by atoms with Crippen LogP contribution in [0.5, 0.6) is 0 Å². The predicted molar refractivity (Wildman–Crippen MR) is 109 cm³/mol. The van der Waals surface area contributed by atoms with E-state index in [1.54, 1.807) is 6.07 Å². The van der Waals surface area contributed by atoms with Gasteiger partial charge < -0.3 is 0 Å². The van der Waals surface area contributed by atoms with Crippen LogP contribution in [0.4, 0.5) is 26.3 Å². The number of benzene rings is 3. The number of allylic oxidation sites excluding steroid dienone is 1. The molecular formula is C25H16F6. The topological polar surface area (TPSA) is 0 Å². The van der Waals surface area contributed by atoms with Gasteiger partial charge in [0.25, 0.3) is 0 Å². The average molecular weight is 430 g/mol. The van der Waals surface area contributed by atoms with Crippen molar-refractivity contribution in [1.82, 2.24) is 0 Å². The van der Waals surface area contributed by atoms with Crippen molar-refractivity contribution in [3.63, 3.8) is 0 Å². The van der Waals surface area contributed by atoms with E-state index < -0.39 is 29.2 Å². The highest BCUT2D eigenvalue weighted by Gasteiger charge is 2.23. The molecule has 0 spiro atoms. The molecule has 158 valence electrons. The number of alkyl halides is 3. The molecule has 0 aliphatic heterocycles. The van der Waals surface area contributed by atoms with Crippen LogP contribution < -0.4 is 0 Å². The van der Waals surface area contributed by atoms with E-state index in [0.717, 1.165) is 42.0 Å². The third kappa shape index (κ3) is 5.58. The normalized spacial score (nSPS) is 11.0. The van der Waals surface area contributed by atoms with Gasteiger partial charge in [0.1, 0.15) is 17.5 Å². The van der Waals surface area contributed by atoms with Crippen LogP contribution in [0.3, 0.4) is 0 Å². The Morgan fingerprint density at radius 3 is 1.90 bits per heavy atom. The maximum atomic E-state index is 14.7. The van der Waals surface area contributed by atoms with E-state index in [-0.39, 0.29) is 11.1 Å². The minimum absolute atomic E-state index is 0.0838. The lowest BCUT2D eigenvalue weighted by molar-refractivity contribution is -0.0696. The summed E-state index contributed by atoms with van der Waals surface area (Å²) < 4.78 is 79.5. The lowest BCUT2D eigenvalue weighted by atomic mass is 9.97. The Kier molecular flexibility index (Phi) is 6.55. The monoisotopic (exact) mass is 430 g/mol. The highest BCUT2D eigenvalue weighted by atomic mass is 19.4. The van der Waals surface area contributed by atoms with E-state index >= 15 is 0 Å². The summed E-state index contributed by atoms with van der Waals surface area (Å²) in [5.41, 5.74) is 1.21. The third-order valence-corrected chi connectivity index (χ3v) is 4.58. The van der Waals surface area contributed by atoms with E-state index in [1.165, 1.54) is 18.1 Å². The Hall–Kier alpha value is -3.46. The molecule has 3 aromatic rings. The van der Waals surface area contributed by atoms with Gasteiger partial charge in [-0.15, -0.1) is 6.58 Å². The molecule has 3 aromatic carbocycles. The van der Waals surface area contributed by atoms with Gasteiger partial charge in [0.15, 0.2) is 0 Å². The van der Waals surface area contributed by atoms with Crippen molar-refractivity contribution in [2.24, 2.45) is 0 Å². The quantitative estimate of drug-likeness (QED) is 0.224. The van der Waals surface area contributed by atoms with Gasteiger partial charge in [-0.25, -0.2) is 13.2 Å². The van der Waals surface area contributed by atoms with Crippen LogP contribution >= 0.6 is 0 Å². The van der Waals surface area contributed by atoms with E-state index in [2.05, 4.69) is 6.58 Å². The minimum atomic E-state index is -4.89. The van der Waals surface area contributed by atoms with Gasteiger partial charge in [0.2, 0.25) is 0 Å². The molecule has 0 amide bonds. The molecule has 0 heterocycles. The van der Waals surface area contributed by atoms with Gasteiger partial charge >= 0.3 is 6.18 Å². The van der Waals surface area contributed by atoms with E-state index in [1.807, 2.05) is 30.3 Å².